The summed E-state index contributed by atoms with van der Waals surface area (Å²) in [7, 11) is 1.21. The van der Waals surface area contributed by atoms with Crippen LogP contribution in [0.5, 0.6) is 0 Å². The molecule has 0 bridgehead atoms. The topological polar surface area (TPSA) is 122 Å². The Hall–Kier alpha value is -3.49. The highest BCUT2D eigenvalue weighted by Crippen LogP contribution is 2.10. The van der Waals surface area contributed by atoms with Gasteiger partial charge in [0.25, 0.3) is 5.91 Å². The van der Waals surface area contributed by atoms with E-state index in [0.717, 1.165) is 0 Å². The summed E-state index contributed by atoms with van der Waals surface area (Å²) in [6, 6.07) is 8.19. The zero-order chi connectivity index (χ0) is 17.4. The van der Waals surface area contributed by atoms with Crippen LogP contribution in [0.15, 0.2) is 42.7 Å². The van der Waals surface area contributed by atoms with Crippen molar-refractivity contribution in [2.75, 3.05) is 24.3 Å². The molecule has 1 aromatic carbocycles. The lowest BCUT2D eigenvalue weighted by atomic mass is 10.3. The van der Waals surface area contributed by atoms with Gasteiger partial charge in [-0.2, -0.15) is 0 Å². The second-order valence-electron chi connectivity index (χ2n) is 4.46. The fourth-order valence-corrected chi connectivity index (χ4v) is 1.70. The monoisotopic (exact) mass is 329 g/mol. The lowest BCUT2D eigenvalue weighted by Gasteiger charge is -2.10. The lowest BCUT2D eigenvalue weighted by Crippen LogP contribution is -2.32. The number of methoxy groups -OCH3 is 1. The maximum absolute atomic E-state index is 12.0. The average molecular weight is 329 g/mol. The summed E-state index contributed by atoms with van der Waals surface area (Å²) in [5.41, 5.74) is 0.459. The smallest absolute Gasteiger partial charge is 0.325 e. The minimum Gasteiger partial charge on any atom is -0.468 e. The summed E-state index contributed by atoms with van der Waals surface area (Å²) in [4.78, 5) is 42.9. The number of rotatable bonds is 5. The molecule has 0 saturated heterocycles. The van der Waals surface area contributed by atoms with E-state index in [1.165, 1.54) is 19.5 Å². The van der Waals surface area contributed by atoms with Crippen molar-refractivity contribution in [1.82, 2.24) is 15.3 Å². The normalized spacial score (nSPS) is 9.71. The molecule has 2 rings (SSSR count). The third kappa shape index (κ3) is 4.77. The molecule has 1 heterocycles. The molecule has 9 heteroatoms. The van der Waals surface area contributed by atoms with Crippen molar-refractivity contribution in [3.63, 3.8) is 0 Å². The third-order valence-electron chi connectivity index (χ3n) is 2.80. The van der Waals surface area contributed by atoms with E-state index in [0.29, 0.717) is 5.69 Å². The number of para-hydroxylation sites is 1. The fourth-order valence-electron chi connectivity index (χ4n) is 1.70. The molecule has 0 aliphatic heterocycles. The minimum absolute atomic E-state index is 0.0340. The van der Waals surface area contributed by atoms with Gasteiger partial charge in [0.15, 0.2) is 11.5 Å². The Balaban J connectivity index is 2.04. The molecule has 0 aliphatic carbocycles. The molecule has 0 unspecified atom stereocenters. The second kappa shape index (κ2) is 8.22. The summed E-state index contributed by atoms with van der Waals surface area (Å²) < 4.78 is 4.43. The van der Waals surface area contributed by atoms with Crippen molar-refractivity contribution >= 4 is 29.4 Å². The van der Waals surface area contributed by atoms with Gasteiger partial charge >= 0.3 is 12.0 Å². The predicted octanol–water partition coefficient (Wildman–Crippen LogP) is 1.02. The number of amides is 3. The van der Waals surface area contributed by atoms with E-state index >= 15 is 0 Å². The Morgan fingerprint density at radius 2 is 1.75 bits per heavy atom. The SMILES string of the molecule is COC(=O)CNC(=O)c1nccnc1NC(=O)Nc1ccccc1. The molecule has 9 nitrogen and oxygen atoms in total. The molecular weight excluding hydrogens is 314 g/mol. The first-order chi connectivity index (χ1) is 11.6. The highest BCUT2D eigenvalue weighted by molar-refractivity contribution is 6.04. The predicted molar refractivity (Wildman–Crippen MR) is 85.5 cm³/mol. The number of nitrogens with one attached hydrogen (secondary N) is 3. The number of carbonyl (C=O) groups excluding carboxylic acids is 3. The highest BCUT2D eigenvalue weighted by atomic mass is 16.5. The molecule has 124 valence electrons. The van der Waals surface area contributed by atoms with Crippen molar-refractivity contribution in [3.05, 3.63) is 48.4 Å². The van der Waals surface area contributed by atoms with Gasteiger partial charge < -0.3 is 15.4 Å². The molecule has 0 atom stereocenters. The zero-order valence-electron chi connectivity index (χ0n) is 12.8. The molecule has 0 spiro atoms. The Morgan fingerprint density at radius 3 is 2.46 bits per heavy atom. The first kappa shape index (κ1) is 16.9. The van der Waals surface area contributed by atoms with Crippen LogP contribution in [0.4, 0.5) is 16.3 Å². The van der Waals surface area contributed by atoms with E-state index in [-0.39, 0.29) is 18.1 Å². The van der Waals surface area contributed by atoms with Crippen LogP contribution in [0.1, 0.15) is 10.5 Å². The van der Waals surface area contributed by atoms with Crippen LogP contribution < -0.4 is 16.0 Å². The van der Waals surface area contributed by atoms with Gasteiger partial charge in [0.05, 0.1) is 7.11 Å². The third-order valence-corrected chi connectivity index (χ3v) is 2.80. The van der Waals surface area contributed by atoms with E-state index in [1.54, 1.807) is 24.3 Å². The number of aromatic nitrogens is 2. The molecule has 3 N–H and O–H groups in total. The van der Waals surface area contributed by atoms with E-state index in [9.17, 15) is 14.4 Å². The number of ether oxygens (including phenoxy) is 1. The molecule has 24 heavy (non-hydrogen) atoms. The van der Waals surface area contributed by atoms with E-state index < -0.39 is 17.9 Å². The standard InChI is InChI=1S/C15H15N5O4/c1-24-11(21)9-18-14(22)12-13(17-8-7-16-12)20-15(23)19-10-5-3-2-4-6-10/h2-8H,9H2,1H3,(H,18,22)(H2,17,19,20,23). The van der Waals surface area contributed by atoms with Crippen LogP contribution in [-0.2, 0) is 9.53 Å². The maximum atomic E-state index is 12.0. The van der Waals surface area contributed by atoms with Gasteiger partial charge in [0.2, 0.25) is 0 Å². The number of carbonyl (C=O) groups is 3. The van der Waals surface area contributed by atoms with E-state index in [2.05, 4.69) is 30.7 Å². The number of benzene rings is 1. The summed E-state index contributed by atoms with van der Waals surface area (Å²) >= 11 is 0. The zero-order valence-corrected chi connectivity index (χ0v) is 12.8. The van der Waals surface area contributed by atoms with Crippen LogP contribution in [0.25, 0.3) is 0 Å². The maximum Gasteiger partial charge on any atom is 0.325 e. The van der Waals surface area contributed by atoms with Gasteiger partial charge in [0, 0.05) is 18.1 Å². The molecule has 2 aromatic rings. The van der Waals surface area contributed by atoms with E-state index in [4.69, 9.17) is 0 Å². The molecule has 1 aromatic heterocycles. The van der Waals surface area contributed by atoms with Crippen LogP contribution in [-0.4, -0.2) is 41.5 Å². The molecule has 0 radical (unpaired) electrons. The van der Waals surface area contributed by atoms with Gasteiger partial charge in [-0.3, -0.25) is 14.9 Å². The Morgan fingerprint density at radius 1 is 1.04 bits per heavy atom. The Labute approximate surface area is 137 Å². The van der Waals surface area contributed by atoms with E-state index in [1.807, 2.05) is 6.07 Å². The first-order valence-corrected chi connectivity index (χ1v) is 6.89. The molecule has 3 amide bonds. The summed E-state index contributed by atoms with van der Waals surface area (Å²) in [6.07, 6.45) is 2.63. The number of anilines is 2. The van der Waals surface area contributed by atoms with Crippen molar-refractivity contribution in [2.45, 2.75) is 0 Å². The highest BCUT2D eigenvalue weighted by Gasteiger charge is 2.17. The van der Waals surface area contributed by atoms with Crippen LogP contribution >= 0.6 is 0 Å². The first-order valence-electron chi connectivity index (χ1n) is 6.89. The van der Waals surface area contributed by atoms with Gasteiger partial charge in [-0.05, 0) is 12.1 Å². The largest absolute Gasteiger partial charge is 0.468 e. The van der Waals surface area contributed by atoms with Crippen molar-refractivity contribution in [3.8, 4) is 0 Å². The van der Waals surface area contributed by atoms with Crippen molar-refractivity contribution in [1.29, 1.82) is 0 Å². The Bertz CT molecular complexity index is 736. The van der Waals surface area contributed by atoms with Crippen LogP contribution in [0, 0.1) is 0 Å². The molecule has 0 saturated carbocycles. The van der Waals surface area contributed by atoms with Crippen molar-refractivity contribution in [2.24, 2.45) is 0 Å². The van der Waals surface area contributed by atoms with Crippen LogP contribution in [0.2, 0.25) is 0 Å². The quantitative estimate of drug-likeness (QED) is 0.704. The fraction of sp³-hybridized carbons (Fsp3) is 0.133. The molecular formula is C15H15N5O4. The average Bonchev–Trinajstić information content (AvgIpc) is 2.60. The number of hydrogen-bond donors (Lipinski definition) is 3. The number of urea groups is 1. The lowest BCUT2D eigenvalue weighted by molar-refractivity contribution is -0.139. The van der Waals surface area contributed by atoms with Gasteiger partial charge in [-0.1, -0.05) is 18.2 Å². The van der Waals surface area contributed by atoms with Crippen LogP contribution in [0.3, 0.4) is 0 Å². The molecule has 0 fully saturated rings. The van der Waals surface area contributed by atoms with Gasteiger partial charge in [-0.25, -0.2) is 14.8 Å². The summed E-state index contributed by atoms with van der Waals surface area (Å²) in [5, 5.41) is 7.36. The number of hydrogen-bond acceptors (Lipinski definition) is 6. The minimum atomic E-state index is -0.663. The van der Waals surface area contributed by atoms with Crippen molar-refractivity contribution < 1.29 is 19.1 Å². The molecule has 0 aliphatic rings. The number of nitrogens with zero attached hydrogens (tertiary/aromatic N) is 2. The van der Waals surface area contributed by atoms with Gasteiger partial charge in [0.1, 0.15) is 6.54 Å². The number of esters is 1. The summed E-state index contributed by atoms with van der Waals surface area (Å²) in [6.45, 7) is -0.318. The second-order valence-corrected chi connectivity index (χ2v) is 4.46. The summed E-state index contributed by atoms with van der Waals surface area (Å²) in [5.74, 6) is -1.31. The van der Waals surface area contributed by atoms with Gasteiger partial charge in [-0.15, -0.1) is 0 Å². The Kier molecular flexibility index (Phi) is 5.78.